The van der Waals surface area contributed by atoms with Gasteiger partial charge in [-0.1, -0.05) is 19.1 Å². The molecular formula is C13H16N2O. The highest BCUT2D eigenvalue weighted by Crippen LogP contribution is 2.22. The first kappa shape index (κ1) is 11.1. The Morgan fingerprint density at radius 3 is 2.75 bits per heavy atom. The van der Waals surface area contributed by atoms with Crippen molar-refractivity contribution >= 4 is 0 Å². The second kappa shape index (κ2) is 5.11. The molecule has 1 fully saturated rings. The Bertz CT molecular complexity index is 380. The lowest BCUT2D eigenvalue weighted by molar-refractivity contribution is -0.0399. The summed E-state index contributed by atoms with van der Waals surface area (Å²) in [5.41, 5.74) is 1.84. The van der Waals surface area contributed by atoms with Gasteiger partial charge in [-0.2, -0.15) is 5.26 Å². The van der Waals surface area contributed by atoms with Crippen LogP contribution in [-0.2, 0) is 4.74 Å². The van der Waals surface area contributed by atoms with Gasteiger partial charge in [0.25, 0.3) is 0 Å². The molecule has 2 rings (SSSR count). The van der Waals surface area contributed by atoms with Gasteiger partial charge in [0.2, 0.25) is 0 Å². The molecule has 3 nitrogen and oxygen atoms in total. The summed E-state index contributed by atoms with van der Waals surface area (Å²) >= 11 is 0. The van der Waals surface area contributed by atoms with E-state index < -0.39 is 0 Å². The minimum absolute atomic E-state index is 0.117. The number of ether oxygens (including phenoxy) is 1. The summed E-state index contributed by atoms with van der Waals surface area (Å²) in [6.07, 6.45) is 1.44. The summed E-state index contributed by atoms with van der Waals surface area (Å²) in [5.74, 6) is 0. The summed E-state index contributed by atoms with van der Waals surface area (Å²) in [4.78, 5) is 0. The number of hydrogen-bond donors (Lipinski definition) is 1. The third-order valence-corrected chi connectivity index (χ3v) is 2.93. The van der Waals surface area contributed by atoms with Gasteiger partial charge in [0.15, 0.2) is 0 Å². The molecule has 3 heteroatoms. The normalized spacial score (nSPS) is 25.0. The van der Waals surface area contributed by atoms with Crippen LogP contribution in [0.1, 0.15) is 30.6 Å². The van der Waals surface area contributed by atoms with Crippen LogP contribution < -0.4 is 5.32 Å². The van der Waals surface area contributed by atoms with E-state index in [0.717, 1.165) is 25.1 Å². The lowest BCUT2D eigenvalue weighted by Crippen LogP contribution is -2.40. The Labute approximate surface area is 96.0 Å². The van der Waals surface area contributed by atoms with Crippen molar-refractivity contribution in [1.82, 2.24) is 5.32 Å². The first-order valence-electron chi connectivity index (χ1n) is 5.69. The predicted octanol–water partition coefficient (Wildman–Crippen LogP) is 2.00. The van der Waals surface area contributed by atoms with Gasteiger partial charge in [-0.3, -0.25) is 0 Å². The molecule has 0 spiro atoms. The topological polar surface area (TPSA) is 45.0 Å². The van der Waals surface area contributed by atoms with Crippen LogP contribution in [-0.4, -0.2) is 19.2 Å². The highest BCUT2D eigenvalue weighted by Gasteiger charge is 2.21. The highest BCUT2D eigenvalue weighted by atomic mass is 16.5. The molecule has 1 aliphatic heterocycles. The van der Waals surface area contributed by atoms with Crippen LogP contribution in [0.3, 0.4) is 0 Å². The SMILES string of the molecule is CCC1CNCC(c2ccc(C#N)cc2)O1. The first-order valence-corrected chi connectivity index (χ1v) is 5.69. The number of nitrogens with zero attached hydrogens (tertiary/aromatic N) is 1. The number of benzene rings is 1. The second-order valence-corrected chi connectivity index (χ2v) is 4.05. The predicted molar refractivity (Wildman–Crippen MR) is 61.9 cm³/mol. The zero-order valence-electron chi connectivity index (χ0n) is 9.44. The fraction of sp³-hybridized carbons (Fsp3) is 0.462. The monoisotopic (exact) mass is 216 g/mol. The van der Waals surface area contributed by atoms with Crippen LogP contribution >= 0.6 is 0 Å². The van der Waals surface area contributed by atoms with Crippen LogP contribution in [0.4, 0.5) is 0 Å². The minimum Gasteiger partial charge on any atom is -0.368 e. The van der Waals surface area contributed by atoms with Crippen molar-refractivity contribution in [3.63, 3.8) is 0 Å². The minimum atomic E-state index is 0.117. The molecule has 0 aromatic heterocycles. The molecule has 1 heterocycles. The maximum absolute atomic E-state index is 8.73. The summed E-state index contributed by atoms with van der Waals surface area (Å²) in [7, 11) is 0. The fourth-order valence-corrected chi connectivity index (χ4v) is 1.91. The average Bonchev–Trinajstić information content (AvgIpc) is 2.39. The van der Waals surface area contributed by atoms with E-state index in [1.807, 2.05) is 24.3 Å². The molecule has 0 bridgehead atoms. The van der Waals surface area contributed by atoms with Crippen LogP contribution in [0.25, 0.3) is 0 Å². The van der Waals surface area contributed by atoms with Gasteiger partial charge in [-0.15, -0.1) is 0 Å². The molecular weight excluding hydrogens is 200 g/mol. The Kier molecular flexibility index (Phi) is 3.55. The molecule has 1 aromatic rings. The molecule has 2 atom stereocenters. The largest absolute Gasteiger partial charge is 0.368 e. The molecule has 0 amide bonds. The molecule has 0 aliphatic carbocycles. The quantitative estimate of drug-likeness (QED) is 0.822. The van der Waals surface area contributed by atoms with E-state index in [4.69, 9.17) is 10.00 Å². The standard InChI is InChI=1S/C13H16N2O/c1-2-12-8-15-9-13(16-12)11-5-3-10(7-14)4-6-11/h3-6,12-13,15H,2,8-9H2,1H3. The van der Waals surface area contributed by atoms with Crippen LogP contribution in [0, 0.1) is 11.3 Å². The Morgan fingerprint density at radius 2 is 2.12 bits per heavy atom. The summed E-state index contributed by atoms with van der Waals surface area (Å²) < 4.78 is 5.95. The summed E-state index contributed by atoms with van der Waals surface area (Å²) in [5, 5.41) is 12.1. The van der Waals surface area contributed by atoms with E-state index in [9.17, 15) is 0 Å². The smallest absolute Gasteiger partial charge is 0.0991 e. The first-order chi connectivity index (χ1) is 7.83. The van der Waals surface area contributed by atoms with Crippen molar-refractivity contribution in [3.8, 4) is 6.07 Å². The van der Waals surface area contributed by atoms with E-state index in [1.165, 1.54) is 0 Å². The van der Waals surface area contributed by atoms with Crippen molar-refractivity contribution in [2.45, 2.75) is 25.6 Å². The van der Waals surface area contributed by atoms with Crippen molar-refractivity contribution in [2.75, 3.05) is 13.1 Å². The second-order valence-electron chi connectivity index (χ2n) is 4.05. The molecule has 1 aliphatic rings. The van der Waals surface area contributed by atoms with Crippen molar-refractivity contribution in [3.05, 3.63) is 35.4 Å². The van der Waals surface area contributed by atoms with E-state index in [-0.39, 0.29) is 6.10 Å². The highest BCUT2D eigenvalue weighted by molar-refractivity contribution is 5.32. The van der Waals surface area contributed by atoms with Crippen LogP contribution in [0.15, 0.2) is 24.3 Å². The number of morpholine rings is 1. The molecule has 1 N–H and O–H groups in total. The van der Waals surface area contributed by atoms with Gasteiger partial charge in [0.05, 0.1) is 23.8 Å². The fourth-order valence-electron chi connectivity index (χ4n) is 1.91. The molecule has 0 radical (unpaired) electrons. The third-order valence-electron chi connectivity index (χ3n) is 2.93. The lowest BCUT2D eigenvalue weighted by atomic mass is 10.1. The van der Waals surface area contributed by atoms with Gasteiger partial charge in [0.1, 0.15) is 0 Å². The molecule has 84 valence electrons. The van der Waals surface area contributed by atoms with E-state index in [2.05, 4.69) is 18.3 Å². The van der Waals surface area contributed by atoms with Crippen LogP contribution in [0.2, 0.25) is 0 Å². The van der Waals surface area contributed by atoms with Crippen molar-refractivity contribution in [1.29, 1.82) is 5.26 Å². The van der Waals surface area contributed by atoms with E-state index in [1.54, 1.807) is 0 Å². The zero-order valence-corrected chi connectivity index (χ0v) is 9.44. The van der Waals surface area contributed by atoms with Crippen LogP contribution in [0.5, 0.6) is 0 Å². The lowest BCUT2D eigenvalue weighted by Gasteiger charge is -2.30. The molecule has 2 unspecified atom stereocenters. The Hall–Kier alpha value is -1.37. The third kappa shape index (κ3) is 2.41. The number of nitrogens with one attached hydrogen (secondary N) is 1. The van der Waals surface area contributed by atoms with E-state index >= 15 is 0 Å². The maximum atomic E-state index is 8.73. The Morgan fingerprint density at radius 1 is 1.38 bits per heavy atom. The zero-order chi connectivity index (χ0) is 11.4. The molecule has 16 heavy (non-hydrogen) atoms. The van der Waals surface area contributed by atoms with E-state index in [0.29, 0.717) is 11.7 Å². The number of rotatable bonds is 2. The Balaban J connectivity index is 2.08. The molecule has 1 aromatic carbocycles. The van der Waals surface area contributed by atoms with Gasteiger partial charge < -0.3 is 10.1 Å². The number of hydrogen-bond acceptors (Lipinski definition) is 3. The van der Waals surface area contributed by atoms with Gasteiger partial charge in [-0.05, 0) is 24.1 Å². The summed E-state index contributed by atoms with van der Waals surface area (Å²) in [6, 6.07) is 9.75. The number of nitriles is 1. The van der Waals surface area contributed by atoms with Crippen molar-refractivity contribution < 1.29 is 4.74 Å². The van der Waals surface area contributed by atoms with Crippen molar-refractivity contribution in [2.24, 2.45) is 0 Å². The molecule has 1 saturated heterocycles. The average molecular weight is 216 g/mol. The van der Waals surface area contributed by atoms with Gasteiger partial charge in [0, 0.05) is 13.1 Å². The molecule has 0 saturated carbocycles. The van der Waals surface area contributed by atoms with Gasteiger partial charge >= 0.3 is 0 Å². The summed E-state index contributed by atoms with van der Waals surface area (Å²) in [6.45, 7) is 3.92. The maximum Gasteiger partial charge on any atom is 0.0991 e. The van der Waals surface area contributed by atoms with Gasteiger partial charge in [-0.25, -0.2) is 0 Å².